The zero-order valence-electron chi connectivity index (χ0n) is 9.46. The van der Waals surface area contributed by atoms with Crippen molar-refractivity contribution in [1.29, 1.82) is 0 Å². The molecule has 3 atom stereocenters. The van der Waals surface area contributed by atoms with Crippen molar-refractivity contribution in [2.24, 2.45) is 5.92 Å². The minimum Gasteiger partial charge on any atom is -0.469 e. The highest BCUT2D eigenvalue weighted by molar-refractivity contribution is 5.72. The predicted molar refractivity (Wildman–Crippen MR) is 52.7 cm³/mol. The Bertz CT molecular complexity index is 227. The molecule has 0 aromatic heterocycles. The summed E-state index contributed by atoms with van der Waals surface area (Å²) in [4.78, 5) is 11.3. The van der Waals surface area contributed by atoms with E-state index in [-0.39, 0.29) is 29.8 Å². The molecule has 1 saturated heterocycles. The van der Waals surface area contributed by atoms with Crippen molar-refractivity contribution in [3.8, 4) is 0 Å². The maximum atomic E-state index is 11.3. The van der Waals surface area contributed by atoms with Crippen molar-refractivity contribution in [2.75, 3.05) is 7.11 Å². The average Bonchev–Trinajstić information content (AvgIpc) is 2.37. The van der Waals surface area contributed by atoms with E-state index in [9.17, 15) is 4.79 Å². The number of methoxy groups -OCH3 is 1. The number of rotatable bonds is 2. The summed E-state index contributed by atoms with van der Waals surface area (Å²) >= 11 is 0. The minimum absolute atomic E-state index is 0.113. The molecule has 1 N–H and O–H groups in total. The Balaban J connectivity index is 2.66. The number of esters is 1. The molecule has 14 heavy (non-hydrogen) atoms. The zero-order valence-corrected chi connectivity index (χ0v) is 9.46. The van der Waals surface area contributed by atoms with Gasteiger partial charge in [0.05, 0.1) is 19.1 Å². The van der Waals surface area contributed by atoms with Crippen molar-refractivity contribution in [1.82, 2.24) is 5.32 Å². The third kappa shape index (κ3) is 2.25. The van der Waals surface area contributed by atoms with Crippen molar-refractivity contribution in [3.63, 3.8) is 0 Å². The zero-order chi connectivity index (χ0) is 10.9. The maximum Gasteiger partial charge on any atom is 0.311 e. The third-order valence-electron chi connectivity index (χ3n) is 2.56. The lowest BCUT2D eigenvalue weighted by Gasteiger charge is -2.21. The molecule has 4 heteroatoms. The summed E-state index contributed by atoms with van der Waals surface area (Å²) in [5, 5.41) is 3.27. The van der Waals surface area contributed by atoms with Crippen LogP contribution in [-0.2, 0) is 14.3 Å². The topological polar surface area (TPSA) is 47.6 Å². The molecule has 1 aliphatic rings. The first-order valence-electron chi connectivity index (χ1n) is 4.91. The van der Waals surface area contributed by atoms with Crippen LogP contribution in [0.25, 0.3) is 0 Å². The van der Waals surface area contributed by atoms with Crippen molar-refractivity contribution in [3.05, 3.63) is 0 Å². The number of hydrogen-bond donors (Lipinski definition) is 1. The second-order valence-electron chi connectivity index (χ2n) is 4.34. The molecular formula is C10H19NO3. The third-order valence-corrected chi connectivity index (χ3v) is 2.56. The summed E-state index contributed by atoms with van der Waals surface area (Å²) in [6, 6.07) is 0.166. The van der Waals surface area contributed by atoms with E-state index in [0.29, 0.717) is 0 Å². The van der Waals surface area contributed by atoms with Crippen LogP contribution < -0.4 is 5.32 Å². The van der Waals surface area contributed by atoms with Crippen molar-refractivity contribution >= 4 is 5.97 Å². The van der Waals surface area contributed by atoms with Crippen LogP contribution >= 0.6 is 0 Å². The van der Waals surface area contributed by atoms with Gasteiger partial charge in [0.1, 0.15) is 5.72 Å². The molecule has 0 amide bonds. The molecule has 0 saturated carbocycles. The summed E-state index contributed by atoms with van der Waals surface area (Å²) in [6.45, 7) is 7.75. The van der Waals surface area contributed by atoms with Gasteiger partial charge < -0.3 is 9.47 Å². The van der Waals surface area contributed by atoms with Gasteiger partial charge in [-0.05, 0) is 27.7 Å². The monoisotopic (exact) mass is 201 g/mol. The number of nitrogens with one attached hydrogen (secondary N) is 1. The molecule has 0 aliphatic carbocycles. The second kappa shape index (κ2) is 3.87. The molecule has 0 bridgehead atoms. The van der Waals surface area contributed by atoms with Gasteiger partial charge in [-0.2, -0.15) is 0 Å². The van der Waals surface area contributed by atoms with Crippen LogP contribution in [0.5, 0.6) is 0 Å². The smallest absolute Gasteiger partial charge is 0.311 e. The van der Waals surface area contributed by atoms with E-state index in [2.05, 4.69) is 5.32 Å². The number of hydrogen-bond acceptors (Lipinski definition) is 4. The first kappa shape index (κ1) is 11.5. The Labute approximate surface area is 85.0 Å². The van der Waals surface area contributed by atoms with E-state index in [4.69, 9.17) is 9.47 Å². The van der Waals surface area contributed by atoms with Gasteiger partial charge in [0.15, 0.2) is 0 Å². The van der Waals surface area contributed by atoms with Crippen LogP contribution in [-0.4, -0.2) is 30.9 Å². The van der Waals surface area contributed by atoms with Crippen LogP contribution in [0.2, 0.25) is 0 Å². The quantitative estimate of drug-likeness (QED) is 0.675. The van der Waals surface area contributed by atoms with Crippen molar-refractivity contribution < 1.29 is 14.3 Å². The Kier molecular flexibility index (Phi) is 3.17. The Hall–Kier alpha value is -0.610. The van der Waals surface area contributed by atoms with Gasteiger partial charge in [-0.3, -0.25) is 10.1 Å². The van der Waals surface area contributed by atoms with Gasteiger partial charge in [-0.1, -0.05) is 0 Å². The van der Waals surface area contributed by atoms with Gasteiger partial charge in [0.25, 0.3) is 0 Å². The highest BCUT2D eigenvalue weighted by atomic mass is 16.5. The molecular weight excluding hydrogens is 182 g/mol. The molecule has 1 rings (SSSR count). The molecule has 0 aromatic carbocycles. The standard InChI is InChI=1S/C10H19NO3/c1-6(9(12)13-5)8-7(2)11-10(3,4)14-8/h6-8,11H,1-5H3/t6-,7+,8+/m0/s1. The Morgan fingerprint density at radius 2 is 2.14 bits per heavy atom. The van der Waals surface area contributed by atoms with Gasteiger partial charge >= 0.3 is 5.97 Å². The van der Waals surface area contributed by atoms with E-state index < -0.39 is 0 Å². The lowest BCUT2D eigenvalue weighted by molar-refractivity contribution is -0.151. The SMILES string of the molecule is COC(=O)[C@@H](C)[C@H]1OC(C)(C)N[C@@H]1C. The summed E-state index contributed by atoms with van der Waals surface area (Å²) in [7, 11) is 1.40. The largest absolute Gasteiger partial charge is 0.469 e. The number of ether oxygens (including phenoxy) is 2. The predicted octanol–water partition coefficient (Wildman–Crippen LogP) is 0.908. The maximum absolute atomic E-state index is 11.3. The Morgan fingerprint density at radius 3 is 2.50 bits per heavy atom. The molecule has 0 unspecified atom stereocenters. The normalized spacial score (nSPS) is 32.6. The summed E-state index contributed by atoms with van der Waals surface area (Å²) in [5.74, 6) is -0.453. The van der Waals surface area contributed by atoms with Crippen LogP contribution in [0, 0.1) is 5.92 Å². The number of carbonyl (C=O) groups is 1. The Morgan fingerprint density at radius 1 is 1.57 bits per heavy atom. The van der Waals surface area contributed by atoms with Gasteiger partial charge in [0, 0.05) is 6.04 Å². The van der Waals surface area contributed by atoms with E-state index >= 15 is 0 Å². The lowest BCUT2D eigenvalue weighted by Crippen LogP contribution is -2.38. The lowest BCUT2D eigenvalue weighted by atomic mass is 10.00. The fraction of sp³-hybridized carbons (Fsp3) is 0.900. The molecule has 82 valence electrons. The van der Waals surface area contributed by atoms with E-state index in [1.54, 1.807) is 0 Å². The molecule has 0 spiro atoms. The van der Waals surface area contributed by atoms with Gasteiger partial charge in [-0.25, -0.2) is 0 Å². The van der Waals surface area contributed by atoms with Gasteiger partial charge in [0.2, 0.25) is 0 Å². The van der Waals surface area contributed by atoms with Crippen molar-refractivity contribution in [2.45, 2.75) is 45.6 Å². The van der Waals surface area contributed by atoms with Crippen LogP contribution in [0.3, 0.4) is 0 Å². The summed E-state index contributed by atoms with van der Waals surface area (Å²) in [6.07, 6.45) is -0.113. The first-order valence-corrected chi connectivity index (χ1v) is 4.91. The van der Waals surface area contributed by atoms with Gasteiger partial charge in [-0.15, -0.1) is 0 Å². The number of carbonyl (C=O) groups excluding carboxylic acids is 1. The molecule has 0 radical (unpaired) electrons. The fourth-order valence-corrected chi connectivity index (χ4v) is 1.96. The van der Waals surface area contributed by atoms with Crippen LogP contribution in [0.4, 0.5) is 0 Å². The van der Waals surface area contributed by atoms with E-state index in [0.717, 1.165) is 0 Å². The highest BCUT2D eigenvalue weighted by Gasteiger charge is 2.42. The van der Waals surface area contributed by atoms with E-state index in [1.165, 1.54) is 7.11 Å². The van der Waals surface area contributed by atoms with Crippen LogP contribution in [0.1, 0.15) is 27.7 Å². The summed E-state index contributed by atoms with van der Waals surface area (Å²) < 4.78 is 10.4. The molecule has 1 aliphatic heterocycles. The fourth-order valence-electron chi connectivity index (χ4n) is 1.96. The molecule has 1 heterocycles. The van der Waals surface area contributed by atoms with Crippen LogP contribution in [0.15, 0.2) is 0 Å². The molecule has 0 aromatic rings. The highest BCUT2D eigenvalue weighted by Crippen LogP contribution is 2.26. The summed E-state index contributed by atoms with van der Waals surface area (Å²) in [5.41, 5.74) is -0.355. The minimum atomic E-state index is -0.355. The first-order chi connectivity index (χ1) is 6.37. The molecule has 1 fully saturated rings. The molecule has 4 nitrogen and oxygen atoms in total. The second-order valence-corrected chi connectivity index (χ2v) is 4.34. The van der Waals surface area contributed by atoms with E-state index in [1.807, 2.05) is 27.7 Å². The average molecular weight is 201 g/mol.